The second-order valence-corrected chi connectivity index (χ2v) is 7.50. The maximum absolute atomic E-state index is 6.39. The fourth-order valence-electron chi connectivity index (χ4n) is 1.79. The molecule has 2 rings (SSSR count). The number of halogens is 3. The first-order valence-corrected chi connectivity index (χ1v) is 8.34. The van der Waals surface area contributed by atoms with Gasteiger partial charge in [0.25, 0.3) is 0 Å². The number of benzene rings is 1. The van der Waals surface area contributed by atoms with Gasteiger partial charge in [0.1, 0.15) is 0 Å². The summed E-state index contributed by atoms with van der Waals surface area (Å²) in [6.07, 6.45) is 0. The minimum atomic E-state index is 0.135. The highest BCUT2D eigenvalue weighted by Gasteiger charge is 2.18. The molecule has 1 heterocycles. The second kappa shape index (κ2) is 6.53. The van der Waals surface area contributed by atoms with Gasteiger partial charge >= 0.3 is 0 Å². The molecule has 2 aromatic rings. The Labute approximate surface area is 133 Å². The Morgan fingerprint density at radius 2 is 2.06 bits per heavy atom. The van der Waals surface area contributed by atoms with Gasteiger partial charge in [-0.15, -0.1) is 11.3 Å². The van der Waals surface area contributed by atoms with Crippen LogP contribution in [0.1, 0.15) is 23.4 Å². The quantitative estimate of drug-likeness (QED) is 0.690. The zero-order valence-corrected chi connectivity index (χ0v) is 14.5. The van der Waals surface area contributed by atoms with Crippen molar-refractivity contribution in [3.05, 3.63) is 54.1 Å². The van der Waals surface area contributed by atoms with Gasteiger partial charge in [-0.2, -0.15) is 0 Å². The summed E-state index contributed by atoms with van der Waals surface area (Å²) in [5.74, 6) is 0. The Morgan fingerprint density at radius 1 is 1.28 bits per heavy atom. The highest BCUT2D eigenvalue weighted by atomic mass is 79.9. The molecule has 0 amide bonds. The molecule has 0 bridgehead atoms. The number of thiophene rings is 1. The predicted octanol–water partition coefficient (Wildman–Crippen LogP) is 5.63. The monoisotopic (exact) mass is 407 g/mol. The van der Waals surface area contributed by atoms with Crippen LogP contribution in [0.2, 0.25) is 5.02 Å². The highest BCUT2D eigenvalue weighted by molar-refractivity contribution is 9.11. The Balaban J connectivity index is 2.44. The number of rotatable bonds is 4. The van der Waals surface area contributed by atoms with E-state index in [1.54, 1.807) is 11.3 Å². The summed E-state index contributed by atoms with van der Waals surface area (Å²) < 4.78 is 2.06. The van der Waals surface area contributed by atoms with Crippen molar-refractivity contribution in [1.82, 2.24) is 5.32 Å². The minimum absolute atomic E-state index is 0.135. The molecule has 1 unspecified atom stereocenters. The normalized spacial score (nSPS) is 12.7. The molecule has 96 valence electrons. The molecule has 0 spiro atoms. The van der Waals surface area contributed by atoms with Crippen LogP contribution in [0, 0.1) is 0 Å². The lowest BCUT2D eigenvalue weighted by Gasteiger charge is -2.18. The average molecular weight is 410 g/mol. The van der Waals surface area contributed by atoms with Gasteiger partial charge in [0, 0.05) is 9.35 Å². The highest BCUT2D eigenvalue weighted by Crippen LogP contribution is 2.36. The van der Waals surface area contributed by atoms with Crippen molar-refractivity contribution in [2.45, 2.75) is 13.0 Å². The summed E-state index contributed by atoms with van der Waals surface area (Å²) in [4.78, 5) is 1.25. The minimum Gasteiger partial charge on any atom is -0.306 e. The molecule has 0 aliphatic heterocycles. The molecule has 1 nitrogen and oxygen atoms in total. The number of hydrogen-bond donors (Lipinski definition) is 1. The Kier molecular flexibility index (Phi) is 5.27. The smallest absolute Gasteiger partial charge is 0.0702 e. The van der Waals surface area contributed by atoms with Crippen molar-refractivity contribution < 1.29 is 0 Å². The fourth-order valence-corrected chi connectivity index (χ4v) is 3.93. The van der Waals surface area contributed by atoms with E-state index >= 15 is 0 Å². The summed E-state index contributed by atoms with van der Waals surface area (Å²) in [5, 5.41) is 4.25. The van der Waals surface area contributed by atoms with E-state index in [2.05, 4.69) is 62.3 Å². The lowest BCUT2D eigenvalue weighted by atomic mass is 10.1. The van der Waals surface area contributed by atoms with E-state index in [0.717, 1.165) is 25.4 Å². The molecule has 0 radical (unpaired) electrons. The third-order valence-corrected chi connectivity index (χ3v) is 5.58. The first-order valence-electron chi connectivity index (χ1n) is 5.56. The van der Waals surface area contributed by atoms with Crippen molar-refractivity contribution >= 4 is 54.8 Å². The van der Waals surface area contributed by atoms with Crippen LogP contribution in [0.25, 0.3) is 0 Å². The average Bonchev–Trinajstić information content (AvgIpc) is 2.77. The molecule has 1 aromatic heterocycles. The van der Waals surface area contributed by atoms with E-state index < -0.39 is 0 Å². The van der Waals surface area contributed by atoms with Crippen LogP contribution in [0.15, 0.2) is 38.6 Å². The van der Waals surface area contributed by atoms with E-state index in [4.69, 9.17) is 11.6 Å². The number of nitrogens with one attached hydrogen (secondary N) is 1. The van der Waals surface area contributed by atoms with E-state index in [1.165, 1.54) is 4.88 Å². The van der Waals surface area contributed by atoms with Gasteiger partial charge in [-0.25, -0.2) is 0 Å². The topological polar surface area (TPSA) is 12.0 Å². The summed E-state index contributed by atoms with van der Waals surface area (Å²) in [6, 6.07) is 10.4. The van der Waals surface area contributed by atoms with Crippen molar-refractivity contribution in [2.75, 3.05) is 6.54 Å². The zero-order chi connectivity index (χ0) is 13.1. The molecular weight excluding hydrogens is 397 g/mol. The molecular formula is C13H12Br2ClNS. The SMILES string of the molecule is CCNC(c1ccc(Br)s1)c1cccc(Br)c1Cl. The lowest BCUT2D eigenvalue weighted by molar-refractivity contribution is 0.639. The summed E-state index contributed by atoms with van der Waals surface area (Å²) in [6.45, 7) is 2.99. The van der Waals surface area contributed by atoms with Gasteiger partial charge in [0.2, 0.25) is 0 Å². The number of hydrogen-bond acceptors (Lipinski definition) is 2. The van der Waals surface area contributed by atoms with Gasteiger partial charge < -0.3 is 5.32 Å². The van der Waals surface area contributed by atoms with Crippen LogP contribution in [0.3, 0.4) is 0 Å². The Bertz CT molecular complexity index is 542. The molecule has 0 aliphatic rings. The molecule has 0 aliphatic carbocycles. The lowest BCUT2D eigenvalue weighted by Crippen LogP contribution is -2.21. The van der Waals surface area contributed by atoms with Gasteiger partial charge in [0.05, 0.1) is 14.9 Å². The maximum Gasteiger partial charge on any atom is 0.0702 e. The van der Waals surface area contributed by atoms with Gasteiger partial charge in [-0.1, -0.05) is 30.7 Å². The standard InChI is InChI=1S/C13H12Br2ClNS/c1-2-17-13(10-6-7-11(15)18-10)8-4-3-5-9(14)12(8)16/h3-7,13,17H,2H2,1H3. The molecule has 5 heteroatoms. The van der Waals surface area contributed by atoms with Crippen LogP contribution >= 0.6 is 54.8 Å². The first-order chi connectivity index (χ1) is 8.63. The molecule has 0 saturated heterocycles. The molecule has 0 saturated carbocycles. The largest absolute Gasteiger partial charge is 0.306 e. The van der Waals surface area contributed by atoms with Crippen LogP contribution in [0.5, 0.6) is 0 Å². The molecule has 1 N–H and O–H groups in total. The molecule has 0 fully saturated rings. The van der Waals surface area contributed by atoms with Gasteiger partial charge in [-0.3, -0.25) is 0 Å². The van der Waals surface area contributed by atoms with E-state index in [1.807, 2.05) is 12.1 Å². The Morgan fingerprint density at radius 3 is 2.67 bits per heavy atom. The van der Waals surface area contributed by atoms with Crippen LogP contribution in [-0.2, 0) is 0 Å². The van der Waals surface area contributed by atoms with E-state index in [-0.39, 0.29) is 6.04 Å². The van der Waals surface area contributed by atoms with E-state index in [9.17, 15) is 0 Å². The third kappa shape index (κ3) is 3.17. The van der Waals surface area contributed by atoms with Crippen LogP contribution < -0.4 is 5.32 Å². The van der Waals surface area contributed by atoms with Crippen molar-refractivity contribution in [2.24, 2.45) is 0 Å². The summed E-state index contributed by atoms with van der Waals surface area (Å²) in [7, 11) is 0. The van der Waals surface area contributed by atoms with Gasteiger partial charge in [0.15, 0.2) is 0 Å². The van der Waals surface area contributed by atoms with Crippen molar-refractivity contribution in [3.8, 4) is 0 Å². The van der Waals surface area contributed by atoms with Gasteiger partial charge in [-0.05, 0) is 62.2 Å². The summed E-state index contributed by atoms with van der Waals surface area (Å²) >= 11 is 15.1. The second-order valence-electron chi connectivity index (χ2n) is 3.78. The molecule has 1 aromatic carbocycles. The van der Waals surface area contributed by atoms with Crippen LogP contribution in [-0.4, -0.2) is 6.54 Å². The fraction of sp³-hybridized carbons (Fsp3) is 0.231. The summed E-state index contributed by atoms with van der Waals surface area (Å²) in [5.41, 5.74) is 1.10. The third-order valence-electron chi connectivity index (χ3n) is 2.58. The predicted molar refractivity (Wildman–Crippen MR) is 86.7 cm³/mol. The van der Waals surface area contributed by atoms with Crippen molar-refractivity contribution in [3.63, 3.8) is 0 Å². The maximum atomic E-state index is 6.39. The van der Waals surface area contributed by atoms with Crippen molar-refractivity contribution in [1.29, 1.82) is 0 Å². The first kappa shape index (κ1) is 14.5. The van der Waals surface area contributed by atoms with E-state index in [0.29, 0.717) is 0 Å². The Hall–Kier alpha value is 0.130. The molecule has 18 heavy (non-hydrogen) atoms. The van der Waals surface area contributed by atoms with Crippen LogP contribution in [0.4, 0.5) is 0 Å². The molecule has 1 atom stereocenters. The zero-order valence-electron chi connectivity index (χ0n) is 9.71.